The summed E-state index contributed by atoms with van der Waals surface area (Å²) in [6.07, 6.45) is 3.12. The van der Waals surface area contributed by atoms with E-state index in [1.54, 1.807) is 7.11 Å². The number of amides is 1. The average Bonchev–Trinajstić information content (AvgIpc) is 2.72. The zero-order chi connectivity index (χ0) is 18.8. The maximum Gasteiger partial charge on any atom is 0.233 e. The summed E-state index contributed by atoms with van der Waals surface area (Å²) < 4.78 is 5.27. The molecule has 3 nitrogen and oxygen atoms in total. The van der Waals surface area contributed by atoms with E-state index in [-0.39, 0.29) is 17.9 Å². The van der Waals surface area contributed by atoms with Gasteiger partial charge in [-0.25, -0.2) is 0 Å². The van der Waals surface area contributed by atoms with Crippen LogP contribution < -0.4 is 9.64 Å². The van der Waals surface area contributed by atoms with E-state index in [9.17, 15) is 4.79 Å². The number of nitrogens with zero attached hydrogens (tertiary/aromatic N) is 1. The van der Waals surface area contributed by atoms with E-state index in [4.69, 9.17) is 4.74 Å². The van der Waals surface area contributed by atoms with Gasteiger partial charge in [-0.05, 0) is 47.0 Å². The molecule has 0 bridgehead atoms. The summed E-state index contributed by atoms with van der Waals surface area (Å²) in [5.74, 6) is 1.08. The van der Waals surface area contributed by atoms with Crippen molar-refractivity contribution in [3.05, 3.63) is 72.3 Å². The molecule has 0 saturated carbocycles. The second-order valence-electron chi connectivity index (χ2n) is 7.17. The number of carbonyl (C=O) groups is 1. The van der Waals surface area contributed by atoms with Crippen LogP contribution in [0.3, 0.4) is 0 Å². The van der Waals surface area contributed by atoms with Crippen LogP contribution in [0, 0.1) is 5.92 Å². The summed E-state index contributed by atoms with van der Waals surface area (Å²) in [6, 6.07) is 22.7. The molecule has 1 fully saturated rings. The van der Waals surface area contributed by atoms with Gasteiger partial charge in [0.2, 0.25) is 5.91 Å². The number of hydrogen-bond donors (Lipinski definition) is 0. The van der Waals surface area contributed by atoms with Crippen LogP contribution in [0.5, 0.6) is 5.75 Å². The zero-order valence-corrected chi connectivity index (χ0v) is 15.9. The highest BCUT2D eigenvalue weighted by atomic mass is 16.5. The van der Waals surface area contributed by atoms with E-state index in [1.165, 1.54) is 16.3 Å². The van der Waals surface area contributed by atoms with Gasteiger partial charge < -0.3 is 9.64 Å². The molecule has 1 amide bonds. The zero-order valence-electron chi connectivity index (χ0n) is 15.9. The summed E-state index contributed by atoms with van der Waals surface area (Å²) in [7, 11) is 1.66. The van der Waals surface area contributed by atoms with Gasteiger partial charge in [0, 0.05) is 5.69 Å². The summed E-state index contributed by atoms with van der Waals surface area (Å²) in [6.45, 7) is 2.18. The molecule has 1 heterocycles. The van der Waals surface area contributed by atoms with Crippen molar-refractivity contribution in [2.75, 3.05) is 12.0 Å². The van der Waals surface area contributed by atoms with Gasteiger partial charge in [0.05, 0.1) is 19.1 Å². The maximum atomic E-state index is 13.0. The van der Waals surface area contributed by atoms with Crippen molar-refractivity contribution < 1.29 is 9.53 Å². The van der Waals surface area contributed by atoms with E-state index < -0.39 is 0 Å². The van der Waals surface area contributed by atoms with Gasteiger partial charge >= 0.3 is 0 Å². The quantitative estimate of drug-likeness (QED) is 0.525. The van der Waals surface area contributed by atoms with Crippen molar-refractivity contribution in [2.24, 2.45) is 5.92 Å². The first kappa shape index (κ1) is 17.6. The predicted molar refractivity (Wildman–Crippen MR) is 110 cm³/mol. The Morgan fingerprint density at radius 2 is 1.70 bits per heavy atom. The van der Waals surface area contributed by atoms with Gasteiger partial charge in [-0.15, -0.1) is 0 Å². The van der Waals surface area contributed by atoms with Gasteiger partial charge in [0.1, 0.15) is 5.75 Å². The molecule has 0 aliphatic carbocycles. The lowest BCUT2D eigenvalue weighted by molar-refractivity contribution is -0.130. The minimum Gasteiger partial charge on any atom is -0.497 e. The largest absolute Gasteiger partial charge is 0.497 e. The lowest BCUT2D eigenvalue weighted by Crippen LogP contribution is -2.55. The van der Waals surface area contributed by atoms with Crippen LogP contribution in [0.4, 0.5) is 5.69 Å². The van der Waals surface area contributed by atoms with Gasteiger partial charge in [0.15, 0.2) is 0 Å². The number of carbonyl (C=O) groups excluding carboxylic acids is 1. The van der Waals surface area contributed by atoms with Crippen molar-refractivity contribution in [1.82, 2.24) is 0 Å². The number of anilines is 1. The molecule has 1 aliphatic heterocycles. The minimum absolute atomic E-state index is 0.0536. The Labute approximate surface area is 160 Å². The van der Waals surface area contributed by atoms with Gasteiger partial charge in [-0.2, -0.15) is 0 Å². The normalized spacial score (nSPS) is 19.2. The van der Waals surface area contributed by atoms with E-state index in [0.717, 1.165) is 30.7 Å². The Balaban J connectivity index is 1.77. The SMILES string of the molecule is CCCC[C@@H]1C(=O)N(c2ccc(OC)cc2)[C@@H]1c1cccc2ccccc12. The van der Waals surface area contributed by atoms with Gasteiger partial charge in [-0.3, -0.25) is 4.79 Å². The number of ether oxygens (including phenoxy) is 1. The first-order valence-electron chi connectivity index (χ1n) is 9.69. The molecule has 0 unspecified atom stereocenters. The Bertz CT molecular complexity index is 943. The second kappa shape index (κ2) is 7.43. The fourth-order valence-electron chi connectivity index (χ4n) is 4.15. The van der Waals surface area contributed by atoms with Crippen LogP contribution in [0.25, 0.3) is 10.8 Å². The molecule has 3 aromatic carbocycles. The fraction of sp³-hybridized carbons (Fsp3) is 0.292. The molecule has 138 valence electrons. The molecule has 0 spiro atoms. The third-order valence-electron chi connectivity index (χ3n) is 5.58. The molecule has 4 rings (SSSR count). The highest BCUT2D eigenvalue weighted by Crippen LogP contribution is 2.47. The van der Waals surface area contributed by atoms with E-state index in [0.29, 0.717) is 0 Å². The number of methoxy groups -OCH3 is 1. The molecular formula is C24H25NO2. The van der Waals surface area contributed by atoms with Crippen molar-refractivity contribution in [3.8, 4) is 5.75 Å². The van der Waals surface area contributed by atoms with Gasteiger partial charge in [-0.1, -0.05) is 62.2 Å². The minimum atomic E-state index is 0.0536. The average molecular weight is 359 g/mol. The van der Waals surface area contributed by atoms with Gasteiger partial charge in [0.25, 0.3) is 0 Å². The first-order chi connectivity index (χ1) is 13.2. The van der Waals surface area contributed by atoms with Crippen LogP contribution in [0.1, 0.15) is 37.8 Å². The molecule has 0 N–H and O–H groups in total. The van der Waals surface area contributed by atoms with Crippen LogP contribution >= 0.6 is 0 Å². The Kier molecular flexibility index (Phi) is 4.85. The maximum absolute atomic E-state index is 13.0. The van der Waals surface area contributed by atoms with Crippen molar-refractivity contribution >= 4 is 22.4 Å². The fourth-order valence-corrected chi connectivity index (χ4v) is 4.15. The second-order valence-corrected chi connectivity index (χ2v) is 7.17. The van der Waals surface area contributed by atoms with Crippen molar-refractivity contribution in [2.45, 2.75) is 32.2 Å². The Hall–Kier alpha value is -2.81. The topological polar surface area (TPSA) is 29.5 Å². The molecule has 1 aliphatic rings. The van der Waals surface area contributed by atoms with Crippen LogP contribution in [-0.2, 0) is 4.79 Å². The lowest BCUT2D eigenvalue weighted by Gasteiger charge is -2.48. The number of benzene rings is 3. The highest BCUT2D eigenvalue weighted by Gasteiger charge is 2.48. The van der Waals surface area contributed by atoms with Crippen molar-refractivity contribution in [3.63, 3.8) is 0 Å². The van der Waals surface area contributed by atoms with Crippen LogP contribution in [0.2, 0.25) is 0 Å². The molecule has 3 heteroatoms. The number of rotatable bonds is 6. The third-order valence-corrected chi connectivity index (χ3v) is 5.58. The van der Waals surface area contributed by atoms with E-state index in [1.807, 2.05) is 29.2 Å². The summed E-state index contributed by atoms with van der Waals surface area (Å²) >= 11 is 0. The molecule has 27 heavy (non-hydrogen) atoms. The van der Waals surface area contributed by atoms with E-state index in [2.05, 4.69) is 49.4 Å². The highest BCUT2D eigenvalue weighted by molar-refractivity contribution is 6.04. The molecule has 0 radical (unpaired) electrons. The Morgan fingerprint density at radius 1 is 0.963 bits per heavy atom. The van der Waals surface area contributed by atoms with E-state index >= 15 is 0 Å². The third kappa shape index (κ3) is 3.08. The molecule has 0 aromatic heterocycles. The number of hydrogen-bond acceptors (Lipinski definition) is 2. The van der Waals surface area contributed by atoms with Crippen molar-refractivity contribution in [1.29, 1.82) is 0 Å². The first-order valence-corrected chi connectivity index (χ1v) is 9.69. The number of fused-ring (bicyclic) bond motifs is 1. The molecule has 3 aromatic rings. The standard InChI is InChI=1S/C24H25NO2/c1-3-4-10-22-23(21-12-7-9-17-8-5-6-11-20(17)21)25(24(22)26)18-13-15-19(27-2)16-14-18/h5-9,11-16,22-23H,3-4,10H2,1-2H3/t22-,23+/m0/s1. The number of unbranched alkanes of at least 4 members (excludes halogenated alkanes) is 1. The smallest absolute Gasteiger partial charge is 0.233 e. The van der Waals surface area contributed by atoms with Crippen LogP contribution in [0.15, 0.2) is 66.7 Å². The molecular weight excluding hydrogens is 334 g/mol. The molecule has 1 saturated heterocycles. The monoisotopic (exact) mass is 359 g/mol. The Morgan fingerprint density at radius 3 is 2.44 bits per heavy atom. The summed E-state index contributed by atoms with van der Waals surface area (Å²) in [5.41, 5.74) is 2.18. The van der Waals surface area contributed by atoms with Crippen LogP contribution in [-0.4, -0.2) is 13.0 Å². The molecule has 2 atom stereocenters. The predicted octanol–water partition coefficient (Wildman–Crippen LogP) is 5.74. The summed E-state index contributed by atoms with van der Waals surface area (Å²) in [4.78, 5) is 15.0. The lowest BCUT2D eigenvalue weighted by atomic mass is 9.77. The number of β-lactam (4-membered cyclic amide) rings is 1. The summed E-state index contributed by atoms with van der Waals surface area (Å²) in [5, 5.41) is 2.45.